The molecule has 0 saturated carbocycles. The second-order valence-electron chi connectivity index (χ2n) is 6.43. The Kier molecular flexibility index (Phi) is 5.68. The van der Waals surface area contributed by atoms with Crippen LogP contribution in [0.5, 0.6) is 0 Å². The second kappa shape index (κ2) is 8.18. The number of anilines is 2. The molecule has 7 heteroatoms. The van der Waals surface area contributed by atoms with E-state index in [1.54, 1.807) is 12.1 Å². The van der Waals surface area contributed by atoms with Gasteiger partial charge in [0.05, 0.1) is 5.56 Å². The Morgan fingerprint density at radius 3 is 1.41 bits per heavy atom. The van der Waals surface area contributed by atoms with Crippen LogP contribution in [0.1, 0.15) is 31.8 Å². The Balaban J connectivity index is 1.63. The number of aryl methyl sites for hydroxylation is 1. The van der Waals surface area contributed by atoms with Gasteiger partial charge in [0.15, 0.2) is 0 Å². The molecule has 148 valence electrons. The van der Waals surface area contributed by atoms with Crippen LogP contribution < -0.4 is 10.6 Å². The number of benzene rings is 3. The SMILES string of the molecule is Cc1ccc(NC(=O)c2ccc(C(=O)Nc3ccc(C(F)(F)F)cc3)cc2)cc1. The van der Waals surface area contributed by atoms with Crippen LogP contribution >= 0.6 is 0 Å². The molecule has 4 nitrogen and oxygen atoms in total. The summed E-state index contributed by atoms with van der Waals surface area (Å²) in [5, 5.41) is 5.28. The molecule has 2 amide bonds. The van der Waals surface area contributed by atoms with Crippen LogP contribution in [0.4, 0.5) is 24.5 Å². The highest BCUT2D eigenvalue weighted by Gasteiger charge is 2.30. The fourth-order valence-corrected chi connectivity index (χ4v) is 2.56. The number of hydrogen-bond acceptors (Lipinski definition) is 2. The van der Waals surface area contributed by atoms with Crippen molar-refractivity contribution in [2.75, 3.05) is 10.6 Å². The van der Waals surface area contributed by atoms with E-state index in [0.717, 1.165) is 17.7 Å². The molecule has 0 atom stereocenters. The molecule has 3 aromatic carbocycles. The fraction of sp³-hybridized carbons (Fsp3) is 0.0909. The Labute approximate surface area is 165 Å². The molecule has 0 aliphatic heterocycles. The molecular weight excluding hydrogens is 381 g/mol. The van der Waals surface area contributed by atoms with Crippen molar-refractivity contribution >= 4 is 23.2 Å². The summed E-state index contributed by atoms with van der Waals surface area (Å²) in [6, 6.07) is 17.5. The predicted octanol–water partition coefficient (Wildman–Crippen LogP) is 5.52. The van der Waals surface area contributed by atoms with Gasteiger partial charge in [-0.3, -0.25) is 9.59 Å². The summed E-state index contributed by atoms with van der Waals surface area (Å²) in [7, 11) is 0. The van der Waals surface area contributed by atoms with Gasteiger partial charge in [-0.05, 0) is 67.6 Å². The third-order valence-electron chi connectivity index (χ3n) is 4.19. The molecule has 0 radical (unpaired) electrons. The van der Waals surface area contributed by atoms with E-state index in [4.69, 9.17) is 0 Å². The minimum atomic E-state index is -4.43. The molecule has 0 aliphatic carbocycles. The van der Waals surface area contributed by atoms with Crippen molar-refractivity contribution < 1.29 is 22.8 Å². The van der Waals surface area contributed by atoms with Crippen molar-refractivity contribution in [2.24, 2.45) is 0 Å². The summed E-state index contributed by atoms with van der Waals surface area (Å²) in [5.41, 5.74) is 1.83. The monoisotopic (exact) mass is 398 g/mol. The molecular formula is C22H17F3N2O2. The van der Waals surface area contributed by atoms with Gasteiger partial charge in [-0.15, -0.1) is 0 Å². The summed E-state index contributed by atoms with van der Waals surface area (Å²) >= 11 is 0. The zero-order valence-electron chi connectivity index (χ0n) is 15.4. The molecule has 0 fully saturated rings. The van der Waals surface area contributed by atoms with E-state index >= 15 is 0 Å². The lowest BCUT2D eigenvalue weighted by molar-refractivity contribution is -0.137. The Bertz CT molecular complexity index is 1010. The van der Waals surface area contributed by atoms with Crippen molar-refractivity contribution in [3.63, 3.8) is 0 Å². The first-order valence-electron chi connectivity index (χ1n) is 8.69. The van der Waals surface area contributed by atoms with Crippen LogP contribution in [-0.2, 0) is 6.18 Å². The van der Waals surface area contributed by atoms with E-state index in [0.29, 0.717) is 11.3 Å². The molecule has 0 unspecified atom stereocenters. The highest BCUT2D eigenvalue weighted by atomic mass is 19.4. The Hall–Kier alpha value is -3.61. The zero-order valence-corrected chi connectivity index (χ0v) is 15.4. The molecule has 0 heterocycles. The number of halogens is 3. The first-order valence-corrected chi connectivity index (χ1v) is 8.69. The summed E-state index contributed by atoms with van der Waals surface area (Å²) < 4.78 is 37.8. The number of carbonyl (C=O) groups excluding carboxylic acids is 2. The molecule has 29 heavy (non-hydrogen) atoms. The molecule has 0 saturated heterocycles. The van der Waals surface area contributed by atoms with E-state index in [2.05, 4.69) is 10.6 Å². The van der Waals surface area contributed by atoms with Gasteiger partial charge in [-0.2, -0.15) is 13.2 Å². The van der Waals surface area contributed by atoms with Crippen LogP contribution in [0, 0.1) is 6.92 Å². The Morgan fingerprint density at radius 1 is 0.655 bits per heavy atom. The van der Waals surface area contributed by atoms with Crippen molar-refractivity contribution in [3.05, 3.63) is 95.1 Å². The normalized spacial score (nSPS) is 11.0. The van der Waals surface area contributed by atoms with E-state index in [1.807, 2.05) is 19.1 Å². The summed E-state index contributed by atoms with van der Waals surface area (Å²) in [6.45, 7) is 1.94. The average Bonchev–Trinajstić information content (AvgIpc) is 2.69. The smallest absolute Gasteiger partial charge is 0.322 e. The first-order chi connectivity index (χ1) is 13.7. The van der Waals surface area contributed by atoms with Gasteiger partial charge in [0, 0.05) is 22.5 Å². The number of carbonyl (C=O) groups is 2. The number of nitrogens with one attached hydrogen (secondary N) is 2. The topological polar surface area (TPSA) is 58.2 Å². The highest BCUT2D eigenvalue weighted by Crippen LogP contribution is 2.29. The second-order valence-corrected chi connectivity index (χ2v) is 6.43. The fourth-order valence-electron chi connectivity index (χ4n) is 2.56. The number of hydrogen-bond donors (Lipinski definition) is 2. The maximum Gasteiger partial charge on any atom is 0.416 e. The van der Waals surface area contributed by atoms with Gasteiger partial charge in [-0.1, -0.05) is 17.7 Å². The highest BCUT2D eigenvalue weighted by molar-refractivity contribution is 6.07. The van der Waals surface area contributed by atoms with Gasteiger partial charge in [-0.25, -0.2) is 0 Å². The van der Waals surface area contributed by atoms with Gasteiger partial charge < -0.3 is 10.6 Å². The third-order valence-corrected chi connectivity index (χ3v) is 4.19. The number of alkyl halides is 3. The van der Waals surface area contributed by atoms with Crippen LogP contribution in [0.3, 0.4) is 0 Å². The van der Waals surface area contributed by atoms with Gasteiger partial charge in [0.25, 0.3) is 11.8 Å². The lowest BCUT2D eigenvalue weighted by atomic mass is 10.1. The molecule has 3 rings (SSSR count). The molecule has 0 aromatic heterocycles. The third kappa shape index (κ3) is 5.22. The lowest BCUT2D eigenvalue weighted by Crippen LogP contribution is -2.14. The minimum absolute atomic E-state index is 0.240. The van der Waals surface area contributed by atoms with Crippen molar-refractivity contribution in [3.8, 4) is 0 Å². The maximum absolute atomic E-state index is 12.6. The predicted molar refractivity (Wildman–Crippen MR) is 105 cm³/mol. The van der Waals surface area contributed by atoms with Crippen LogP contribution in [0.15, 0.2) is 72.8 Å². The van der Waals surface area contributed by atoms with Crippen molar-refractivity contribution in [1.29, 1.82) is 0 Å². The van der Waals surface area contributed by atoms with Gasteiger partial charge in [0.1, 0.15) is 0 Å². The van der Waals surface area contributed by atoms with E-state index in [1.165, 1.54) is 36.4 Å². The molecule has 3 aromatic rings. The summed E-state index contributed by atoms with van der Waals surface area (Å²) in [6.07, 6.45) is -4.43. The molecule has 0 aliphatic rings. The standard InChI is InChI=1S/C22H17F3N2O2/c1-14-2-10-18(11-3-14)26-20(28)15-4-6-16(7-5-15)21(29)27-19-12-8-17(9-13-19)22(23,24)25/h2-13H,1H3,(H,26,28)(H,27,29). The minimum Gasteiger partial charge on any atom is -0.322 e. The molecule has 0 bridgehead atoms. The molecule has 2 N–H and O–H groups in total. The Morgan fingerprint density at radius 2 is 1.03 bits per heavy atom. The lowest BCUT2D eigenvalue weighted by Gasteiger charge is -2.09. The largest absolute Gasteiger partial charge is 0.416 e. The first kappa shape index (κ1) is 20.1. The van der Waals surface area contributed by atoms with Crippen LogP contribution in [0.25, 0.3) is 0 Å². The average molecular weight is 398 g/mol. The van der Waals surface area contributed by atoms with Crippen molar-refractivity contribution in [2.45, 2.75) is 13.1 Å². The molecule has 0 spiro atoms. The van der Waals surface area contributed by atoms with Crippen LogP contribution in [-0.4, -0.2) is 11.8 Å². The van der Waals surface area contributed by atoms with Gasteiger partial charge >= 0.3 is 6.18 Å². The summed E-state index contributed by atoms with van der Waals surface area (Å²) in [5.74, 6) is -0.807. The van der Waals surface area contributed by atoms with Crippen molar-refractivity contribution in [1.82, 2.24) is 0 Å². The summed E-state index contributed by atoms with van der Waals surface area (Å²) in [4.78, 5) is 24.5. The van der Waals surface area contributed by atoms with E-state index in [-0.39, 0.29) is 17.2 Å². The number of rotatable bonds is 4. The van der Waals surface area contributed by atoms with E-state index in [9.17, 15) is 22.8 Å². The van der Waals surface area contributed by atoms with Crippen LogP contribution in [0.2, 0.25) is 0 Å². The maximum atomic E-state index is 12.6. The van der Waals surface area contributed by atoms with Gasteiger partial charge in [0.2, 0.25) is 0 Å². The number of amides is 2. The quantitative estimate of drug-likeness (QED) is 0.608. The van der Waals surface area contributed by atoms with E-state index < -0.39 is 17.6 Å². The zero-order chi connectivity index (χ0) is 21.0.